The molecule has 31 heavy (non-hydrogen) atoms. The number of fused-ring (bicyclic) bond motifs is 1. The van der Waals surface area contributed by atoms with Crippen LogP contribution in [0.25, 0.3) is 5.52 Å². The topological polar surface area (TPSA) is 126 Å². The van der Waals surface area contributed by atoms with Gasteiger partial charge in [0.2, 0.25) is 5.91 Å². The zero-order chi connectivity index (χ0) is 22.9. The molecule has 0 bridgehead atoms. The summed E-state index contributed by atoms with van der Waals surface area (Å²) in [6, 6.07) is 2.99. The molecule has 2 atom stereocenters. The monoisotopic (exact) mass is 464 g/mol. The highest BCUT2D eigenvalue weighted by Gasteiger charge is 2.26. The van der Waals surface area contributed by atoms with E-state index in [0.29, 0.717) is 49.3 Å². The number of aromatic nitrogens is 2. The number of halogens is 1. The molecule has 13 heteroatoms. The third-order valence-corrected chi connectivity index (χ3v) is 6.40. The molecular weight excluding hydrogens is 442 g/mol. The Morgan fingerprint density at radius 1 is 1.29 bits per heavy atom. The second-order valence-electron chi connectivity index (χ2n) is 7.32. The van der Waals surface area contributed by atoms with E-state index in [1.807, 2.05) is 18.7 Å². The van der Waals surface area contributed by atoms with Crippen molar-refractivity contribution in [2.75, 3.05) is 31.1 Å². The average molecular weight is 464 g/mol. The van der Waals surface area contributed by atoms with Crippen LogP contribution >= 0.6 is 11.8 Å². The van der Waals surface area contributed by atoms with Crippen molar-refractivity contribution in [1.29, 1.82) is 10.8 Å². The number of thioether (sulfide) groups is 1. The minimum Gasteiger partial charge on any atom is -0.353 e. The van der Waals surface area contributed by atoms with Crippen LogP contribution in [0.3, 0.4) is 0 Å². The molecule has 3 rings (SSSR count). The lowest BCUT2D eigenvalue weighted by atomic mass is 10.0. The highest BCUT2D eigenvalue weighted by atomic mass is 32.2. The number of carbonyl (C=O) groups excluding carboxylic acids is 1. The van der Waals surface area contributed by atoms with Crippen molar-refractivity contribution in [2.24, 2.45) is 5.92 Å². The number of nitrogens with one attached hydrogen (secondary N) is 2. The van der Waals surface area contributed by atoms with Crippen LogP contribution in [0.2, 0.25) is 0 Å². The summed E-state index contributed by atoms with van der Waals surface area (Å²) >= 11 is -1.72. The first kappa shape index (κ1) is 23.4. The van der Waals surface area contributed by atoms with Crippen molar-refractivity contribution in [3.63, 3.8) is 0 Å². The van der Waals surface area contributed by atoms with E-state index in [2.05, 4.69) is 5.10 Å². The molecule has 1 aliphatic rings. The fourth-order valence-electron chi connectivity index (χ4n) is 3.29. The lowest BCUT2D eigenvalue weighted by molar-refractivity contribution is -0.134. The summed E-state index contributed by atoms with van der Waals surface area (Å²) in [5.41, 5.74) is 0.672. The Morgan fingerprint density at radius 3 is 2.48 bits per heavy atom. The van der Waals surface area contributed by atoms with Crippen molar-refractivity contribution in [3.05, 3.63) is 23.9 Å². The normalized spacial score (nSPS) is 16.5. The third-order valence-electron chi connectivity index (χ3n) is 4.89. The molecule has 164 valence electrons. The van der Waals surface area contributed by atoms with Gasteiger partial charge in [0.15, 0.2) is 11.1 Å². The standard InChI is InChI=1S/C18H22BFN6O3S2/c1-10(2)18(27)25-5-3-24(4-6-25)14-8-11(31(28)29)7-13-12(9-23-26(13)14)16(21)30-17(22)15(19)20/h7-10,15,21-22H,3-6H2,1-2H3,(H,28,29). The molecule has 0 aromatic carbocycles. The molecule has 2 aromatic heterocycles. The summed E-state index contributed by atoms with van der Waals surface area (Å²) in [4.78, 5) is 16.1. The quantitative estimate of drug-likeness (QED) is 0.268. The third kappa shape index (κ3) is 4.99. The molecule has 0 aliphatic carbocycles. The first-order chi connectivity index (χ1) is 14.6. The van der Waals surface area contributed by atoms with Crippen molar-refractivity contribution >= 4 is 58.0 Å². The molecule has 1 aliphatic heterocycles. The van der Waals surface area contributed by atoms with Crippen LogP contribution in [0.15, 0.2) is 23.2 Å². The van der Waals surface area contributed by atoms with Gasteiger partial charge in [0.25, 0.3) is 0 Å². The van der Waals surface area contributed by atoms with Gasteiger partial charge in [-0.05, 0) is 12.1 Å². The number of hydrogen-bond acceptors (Lipinski definition) is 7. The van der Waals surface area contributed by atoms with Gasteiger partial charge in [-0.15, -0.1) is 0 Å². The van der Waals surface area contributed by atoms with Gasteiger partial charge in [-0.25, -0.2) is 8.72 Å². The molecule has 1 saturated heterocycles. The molecule has 9 nitrogen and oxygen atoms in total. The van der Waals surface area contributed by atoms with Crippen molar-refractivity contribution in [2.45, 2.75) is 24.8 Å². The summed E-state index contributed by atoms with van der Waals surface area (Å²) in [7, 11) is 5.05. The highest BCUT2D eigenvalue weighted by Crippen LogP contribution is 2.27. The molecule has 2 aromatic rings. The minimum absolute atomic E-state index is 0.0791. The zero-order valence-electron chi connectivity index (χ0n) is 17.0. The summed E-state index contributed by atoms with van der Waals surface area (Å²) in [5, 5.41) is 19.4. The Labute approximate surface area is 187 Å². The SMILES string of the molecule is [B]C(F)C(=N)SC(=N)c1cnn2c(N3CCN(C(=O)C(C)C)CC3)cc(S(=O)O)cc12. The first-order valence-corrected chi connectivity index (χ1v) is 11.4. The molecule has 3 heterocycles. The van der Waals surface area contributed by atoms with Gasteiger partial charge < -0.3 is 14.4 Å². The molecule has 1 fully saturated rings. The lowest BCUT2D eigenvalue weighted by Gasteiger charge is -2.36. The van der Waals surface area contributed by atoms with Crippen LogP contribution in [0.4, 0.5) is 10.2 Å². The predicted molar refractivity (Wildman–Crippen MR) is 121 cm³/mol. The zero-order valence-corrected chi connectivity index (χ0v) is 18.7. The minimum atomic E-state index is -2.28. The van der Waals surface area contributed by atoms with E-state index in [1.54, 1.807) is 15.5 Å². The number of alkyl halides is 1. The highest BCUT2D eigenvalue weighted by molar-refractivity contribution is 8.27. The van der Waals surface area contributed by atoms with Crippen LogP contribution in [-0.2, 0) is 15.9 Å². The number of amides is 1. The lowest BCUT2D eigenvalue weighted by Crippen LogP contribution is -2.50. The Kier molecular flexibility index (Phi) is 7.17. The van der Waals surface area contributed by atoms with Gasteiger partial charge in [-0.2, -0.15) is 5.10 Å². The van der Waals surface area contributed by atoms with Crippen LogP contribution in [0.1, 0.15) is 19.4 Å². The number of nitrogens with zero attached hydrogens (tertiary/aromatic N) is 4. The van der Waals surface area contributed by atoms with Crippen LogP contribution in [0, 0.1) is 16.7 Å². The molecular formula is C18H22BFN6O3S2. The largest absolute Gasteiger partial charge is 0.353 e. The molecule has 3 N–H and O–H groups in total. The molecule has 0 saturated carbocycles. The fourth-order valence-corrected chi connectivity index (χ4v) is 4.31. The van der Waals surface area contributed by atoms with E-state index in [9.17, 15) is 17.9 Å². The molecule has 1 amide bonds. The average Bonchev–Trinajstić information content (AvgIpc) is 3.16. The van der Waals surface area contributed by atoms with Gasteiger partial charge in [0.05, 0.1) is 27.2 Å². The Hall–Kier alpha value is -2.25. The van der Waals surface area contributed by atoms with E-state index in [4.69, 9.17) is 18.7 Å². The van der Waals surface area contributed by atoms with Crippen LogP contribution in [0.5, 0.6) is 0 Å². The summed E-state index contributed by atoms with van der Waals surface area (Å²) < 4.78 is 36.2. The van der Waals surface area contributed by atoms with Crippen molar-refractivity contribution < 1.29 is 17.9 Å². The van der Waals surface area contributed by atoms with E-state index in [1.165, 1.54) is 12.3 Å². The van der Waals surface area contributed by atoms with Crippen molar-refractivity contribution in [1.82, 2.24) is 14.5 Å². The number of anilines is 1. The maximum absolute atomic E-state index is 13.1. The second-order valence-corrected chi connectivity index (χ2v) is 9.34. The Bertz CT molecular complexity index is 1050. The van der Waals surface area contributed by atoms with E-state index < -0.39 is 22.2 Å². The Morgan fingerprint density at radius 2 is 1.94 bits per heavy atom. The van der Waals surface area contributed by atoms with E-state index >= 15 is 0 Å². The number of piperazine rings is 1. The van der Waals surface area contributed by atoms with E-state index in [-0.39, 0.29) is 27.3 Å². The summed E-state index contributed by atoms with van der Waals surface area (Å²) in [6.07, 6.45) is -0.596. The second kappa shape index (κ2) is 9.49. The number of hydrogen-bond donors (Lipinski definition) is 3. The predicted octanol–water partition coefficient (Wildman–Crippen LogP) is 1.72. The molecule has 0 spiro atoms. The van der Waals surface area contributed by atoms with E-state index in [0.717, 1.165) is 0 Å². The molecule has 2 unspecified atom stereocenters. The number of carbonyl (C=O) groups is 1. The van der Waals surface area contributed by atoms with Crippen LogP contribution < -0.4 is 4.90 Å². The fraction of sp³-hybridized carbons (Fsp3) is 0.444. The van der Waals surface area contributed by atoms with Gasteiger partial charge >= 0.3 is 0 Å². The summed E-state index contributed by atoms with van der Waals surface area (Å²) in [6.45, 7) is 5.75. The summed E-state index contributed by atoms with van der Waals surface area (Å²) in [5.74, 6) is 0.537. The van der Waals surface area contributed by atoms with Crippen LogP contribution in [-0.4, -0.2) is 79.4 Å². The Balaban J connectivity index is 1.95. The molecule has 2 radical (unpaired) electrons. The first-order valence-electron chi connectivity index (χ1n) is 9.51. The number of rotatable bonds is 5. The van der Waals surface area contributed by atoms with Gasteiger partial charge in [-0.3, -0.25) is 20.0 Å². The smallest absolute Gasteiger partial charge is 0.225 e. The van der Waals surface area contributed by atoms with Crippen molar-refractivity contribution in [3.8, 4) is 0 Å². The number of pyridine rings is 1. The maximum Gasteiger partial charge on any atom is 0.225 e. The van der Waals surface area contributed by atoms with Gasteiger partial charge in [0.1, 0.15) is 24.8 Å². The maximum atomic E-state index is 13.1. The van der Waals surface area contributed by atoms with Gasteiger partial charge in [-0.1, -0.05) is 25.6 Å². The van der Waals surface area contributed by atoms with Gasteiger partial charge in [0, 0.05) is 32.1 Å².